The van der Waals surface area contributed by atoms with Crippen molar-refractivity contribution in [2.24, 2.45) is 0 Å². The number of rotatable bonds is 2. The summed E-state index contributed by atoms with van der Waals surface area (Å²) in [6, 6.07) is 7.46. The number of aromatic nitrogens is 4. The highest BCUT2D eigenvalue weighted by atomic mass is 35.5. The van der Waals surface area contributed by atoms with E-state index in [0.29, 0.717) is 10.9 Å². The largest absolute Gasteiger partial charge is 0.497 e. The Labute approximate surface area is 118 Å². The van der Waals surface area contributed by atoms with E-state index in [1.807, 2.05) is 24.3 Å². The van der Waals surface area contributed by atoms with Crippen molar-refractivity contribution in [1.29, 1.82) is 0 Å². The first-order chi connectivity index (χ1) is 9.19. The number of halogens is 2. The molecule has 19 heavy (non-hydrogen) atoms. The number of nitrogens with zero attached hydrogens (tertiary/aromatic N) is 4. The molecule has 7 heteroatoms. The molecule has 2 aromatic heterocycles. The van der Waals surface area contributed by atoms with Gasteiger partial charge in [0.25, 0.3) is 0 Å². The average molecular weight is 295 g/mol. The molecule has 0 aliphatic carbocycles. The maximum Gasteiger partial charge on any atom is 0.179 e. The molecule has 0 bridgehead atoms. The summed E-state index contributed by atoms with van der Waals surface area (Å²) < 4.78 is 6.78. The first-order valence-electron chi connectivity index (χ1n) is 5.40. The third kappa shape index (κ3) is 2.11. The molecule has 0 radical (unpaired) electrons. The number of methoxy groups -OCH3 is 1. The van der Waals surface area contributed by atoms with Crippen LogP contribution in [0, 0.1) is 0 Å². The zero-order valence-corrected chi connectivity index (χ0v) is 11.4. The van der Waals surface area contributed by atoms with Crippen molar-refractivity contribution in [2.75, 3.05) is 7.11 Å². The summed E-state index contributed by atoms with van der Waals surface area (Å²) >= 11 is 11.9. The molecular weight excluding hydrogens is 287 g/mol. The summed E-state index contributed by atoms with van der Waals surface area (Å²) in [7, 11) is 1.62. The molecule has 0 N–H and O–H groups in total. The van der Waals surface area contributed by atoms with E-state index >= 15 is 0 Å². The van der Waals surface area contributed by atoms with Crippen molar-refractivity contribution in [3.05, 3.63) is 40.8 Å². The zero-order valence-electron chi connectivity index (χ0n) is 9.84. The standard InChI is InChI=1S/C12H8Cl2N4O/c1-19-8-4-2-7(3-5-8)18-6-9-10(17-18)12(14)16-15-11(9)13/h2-6H,1H3. The van der Waals surface area contributed by atoms with Crippen molar-refractivity contribution < 1.29 is 4.74 Å². The zero-order chi connectivity index (χ0) is 13.4. The molecule has 0 aliphatic heterocycles. The van der Waals surface area contributed by atoms with E-state index < -0.39 is 0 Å². The highest BCUT2D eigenvalue weighted by Gasteiger charge is 2.11. The van der Waals surface area contributed by atoms with Crippen LogP contribution in [-0.2, 0) is 0 Å². The van der Waals surface area contributed by atoms with Gasteiger partial charge in [-0.3, -0.25) is 0 Å². The molecule has 0 aliphatic rings. The van der Waals surface area contributed by atoms with Crippen molar-refractivity contribution in [1.82, 2.24) is 20.0 Å². The lowest BCUT2D eigenvalue weighted by Gasteiger charge is -2.02. The van der Waals surface area contributed by atoms with Crippen LogP contribution in [0.25, 0.3) is 16.6 Å². The molecule has 2 heterocycles. The van der Waals surface area contributed by atoms with Gasteiger partial charge in [-0.1, -0.05) is 23.2 Å². The van der Waals surface area contributed by atoms with E-state index in [1.54, 1.807) is 18.0 Å². The molecule has 0 atom stereocenters. The Balaban J connectivity index is 2.14. The van der Waals surface area contributed by atoms with Crippen molar-refractivity contribution in [2.45, 2.75) is 0 Å². The summed E-state index contributed by atoms with van der Waals surface area (Å²) in [6.07, 6.45) is 1.76. The number of ether oxygens (including phenoxy) is 1. The molecule has 0 saturated heterocycles. The summed E-state index contributed by atoms with van der Waals surface area (Å²) in [6.45, 7) is 0. The summed E-state index contributed by atoms with van der Waals surface area (Å²) in [5.41, 5.74) is 1.39. The number of hydrogen-bond acceptors (Lipinski definition) is 4. The molecule has 3 aromatic rings. The number of fused-ring (bicyclic) bond motifs is 1. The van der Waals surface area contributed by atoms with Gasteiger partial charge in [-0.2, -0.15) is 5.10 Å². The van der Waals surface area contributed by atoms with Gasteiger partial charge in [-0.05, 0) is 24.3 Å². The van der Waals surface area contributed by atoms with Crippen LogP contribution >= 0.6 is 23.2 Å². The fourth-order valence-electron chi connectivity index (χ4n) is 1.73. The van der Waals surface area contributed by atoms with Crippen molar-refractivity contribution in [3.63, 3.8) is 0 Å². The predicted molar refractivity (Wildman–Crippen MR) is 73.2 cm³/mol. The summed E-state index contributed by atoms with van der Waals surface area (Å²) in [5, 5.41) is 13.0. The predicted octanol–water partition coefficient (Wildman–Crippen LogP) is 3.13. The average Bonchev–Trinajstić information content (AvgIpc) is 2.89. The van der Waals surface area contributed by atoms with Gasteiger partial charge in [0.15, 0.2) is 10.3 Å². The van der Waals surface area contributed by atoms with E-state index in [4.69, 9.17) is 27.9 Å². The van der Waals surface area contributed by atoms with Crippen molar-refractivity contribution >= 4 is 34.1 Å². The quantitative estimate of drug-likeness (QED) is 0.729. The van der Waals surface area contributed by atoms with Gasteiger partial charge in [0.1, 0.15) is 11.3 Å². The molecule has 1 aromatic carbocycles. The molecule has 96 valence electrons. The minimum Gasteiger partial charge on any atom is -0.497 e. The first-order valence-corrected chi connectivity index (χ1v) is 6.16. The molecule has 0 amide bonds. The van der Waals surface area contributed by atoms with Gasteiger partial charge in [-0.15, -0.1) is 10.2 Å². The summed E-state index contributed by atoms with van der Waals surface area (Å²) in [4.78, 5) is 0. The smallest absolute Gasteiger partial charge is 0.179 e. The Bertz CT molecular complexity index is 700. The van der Waals surface area contributed by atoms with Crippen LogP contribution in [0.15, 0.2) is 30.5 Å². The lowest BCUT2D eigenvalue weighted by atomic mass is 10.3. The van der Waals surface area contributed by atoms with Gasteiger partial charge in [-0.25, -0.2) is 4.68 Å². The van der Waals surface area contributed by atoms with Crippen LogP contribution in [0.5, 0.6) is 5.75 Å². The van der Waals surface area contributed by atoms with E-state index in [9.17, 15) is 0 Å². The minimum absolute atomic E-state index is 0.228. The Morgan fingerprint density at radius 2 is 1.74 bits per heavy atom. The van der Waals surface area contributed by atoms with Crippen LogP contribution in [0.4, 0.5) is 0 Å². The van der Waals surface area contributed by atoms with Gasteiger partial charge >= 0.3 is 0 Å². The molecule has 3 rings (SSSR count). The van der Waals surface area contributed by atoms with Gasteiger partial charge < -0.3 is 4.74 Å². The molecular formula is C12H8Cl2N4O. The summed E-state index contributed by atoms with van der Waals surface area (Å²) in [5.74, 6) is 0.778. The van der Waals surface area contributed by atoms with Gasteiger partial charge in [0.2, 0.25) is 0 Å². The van der Waals surface area contributed by atoms with Crippen LogP contribution in [0.1, 0.15) is 0 Å². The highest BCUT2D eigenvalue weighted by molar-refractivity contribution is 6.37. The second kappa shape index (κ2) is 4.68. The lowest BCUT2D eigenvalue weighted by molar-refractivity contribution is 0.414. The monoisotopic (exact) mass is 294 g/mol. The topological polar surface area (TPSA) is 52.8 Å². The fraction of sp³-hybridized carbons (Fsp3) is 0.0833. The molecule has 0 saturated carbocycles. The van der Waals surface area contributed by atoms with Crippen LogP contribution in [0.2, 0.25) is 10.3 Å². The second-order valence-corrected chi connectivity index (χ2v) is 4.53. The second-order valence-electron chi connectivity index (χ2n) is 3.82. The third-order valence-corrected chi connectivity index (χ3v) is 3.23. The van der Waals surface area contributed by atoms with Crippen LogP contribution in [-0.4, -0.2) is 27.1 Å². The Morgan fingerprint density at radius 1 is 1.05 bits per heavy atom. The van der Waals surface area contributed by atoms with Crippen LogP contribution in [0.3, 0.4) is 0 Å². The Kier molecular flexibility index (Phi) is 3.00. The SMILES string of the molecule is COc1ccc(-n2cc3c(Cl)nnc(Cl)c3n2)cc1. The van der Waals surface area contributed by atoms with Crippen molar-refractivity contribution in [3.8, 4) is 11.4 Å². The maximum atomic E-state index is 5.97. The van der Waals surface area contributed by atoms with E-state index in [1.165, 1.54) is 0 Å². The Hall–Kier alpha value is -1.85. The maximum absolute atomic E-state index is 5.97. The van der Waals surface area contributed by atoms with Gasteiger partial charge in [0.05, 0.1) is 18.2 Å². The van der Waals surface area contributed by atoms with E-state index in [0.717, 1.165) is 11.4 Å². The normalized spacial score (nSPS) is 10.9. The lowest BCUT2D eigenvalue weighted by Crippen LogP contribution is -1.94. The fourth-order valence-corrected chi connectivity index (χ4v) is 2.09. The molecule has 0 unspecified atom stereocenters. The van der Waals surface area contributed by atoms with E-state index in [-0.39, 0.29) is 10.3 Å². The molecule has 5 nitrogen and oxygen atoms in total. The first kappa shape index (κ1) is 12.2. The molecule has 0 fully saturated rings. The number of hydrogen-bond donors (Lipinski definition) is 0. The van der Waals surface area contributed by atoms with Crippen LogP contribution < -0.4 is 4.74 Å². The number of benzene rings is 1. The Morgan fingerprint density at radius 3 is 2.37 bits per heavy atom. The molecule has 0 spiro atoms. The minimum atomic E-state index is 0.228. The highest BCUT2D eigenvalue weighted by Crippen LogP contribution is 2.26. The van der Waals surface area contributed by atoms with E-state index in [2.05, 4.69) is 15.3 Å². The van der Waals surface area contributed by atoms with Gasteiger partial charge in [0, 0.05) is 6.20 Å². The third-order valence-electron chi connectivity index (χ3n) is 2.69.